The van der Waals surface area contributed by atoms with Crippen LogP contribution in [-0.4, -0.2) is 34.9 Å². The van der Waals surface area contributed by atoms with Gasteiger partial charge in [-0.2, -0.15) is 5.10 Å². The van der Waals surface area contributed by atoms with Gasteiger partial charge in [0.05, 0.1) is 20.8 Å². The van der Waals surface area contributed by atoms with Gasteiger partial charge in [-0.1, -0.05) is 6.07 Å². The number of ether oxygens (including phenoxy) is 2. The summed E-state index contributed by atoms with van der Waals surface area (Å²) in [4.78, 5) is 15.6. The highest BCUT2D eigenvalue weighted by atomic mass is 16.5. The summed E-state index contributed by atoms with van der Waals surface area (Å²) in [5.74, 6) is 1.27. The van der Waals surface area contributed by atoms with E-state index in [1.807, 2.05) is 18.2 Å². The van der Waals surface area contributed by atoms with E-state index in [-0.39, 0.29) is 5.91 Å². The van der Waals surface area contributed by atoms with Gasteiger partial charge in [-0.25, -0.2) is 4.98 Å². The van der Waals surface area contributed by atoms with E-state index in [9.17, 15) is 4.79 Å². The number of methoxy groups -OCH3 is 2. The Kier molecular flexibility index (Phi) is 5.14. The molecule has 1 N–H and O–H groups in total. The van der Waals surface area contributed by atoms with Gasteiger partial charge in [-0.3, -0.25) is 9.48 Å². The maximum Gasteiger partial charge on any atom is 0.222 e. The molecule has 7 nitrogen and oxygen atoms in total. The predicted molar refractivity (Wildman–Crippen MR) is 76.0 cm³/mol. The molecule has 0 aliphatic rings. The SMILES string of the molecule is COc1ccc(CNC(=O)CCn2cncn2)cc1OC. The van der Waals surface area contributed by atoms with Gasteiger partial charge >= 0.3 is 0 Å². The number of aromatic nitrogens is 3. The molecule has 0 fully saturated rings. The zero-order valence-corrected chi connectivity index (χ0v) is 12.1. The molecule has 0 bridgehead atoms. The van der Waals surface area contributed by atoms with Crippen molar-refractivity contribution in [1.29, 1.82) is 0 Å². The topological polar surface area (TPSA) is 78.3 Å². The lowest BCUT2D eigenvalue weighted by Gasteiger charge is -2.10. The standard InChI is InChI=1S/C14H18N4O3/c1-20-12-4-3-11(7-13(12)21-2)8-16-14(19)5-6-18-10-15-9-17-18/h3-4,7,9-10H,5-6,8H2,1-2H3,(H,16,19). The van der Waals surface area contributed by atoms with Crippen LogP contribution in [-0.2, 0) is 17.9 Å². The lowest BCUT2D eigenvalue weighted by Crippen LogP contribution is -2.24. The minimum atomic E-state index is -0.0414. The Bertz CT molecular complexity index is 584. The summed E-state index contributed by atoms with van der Waals surface area (Å²) >= 11 is 0. The normalized spacial score (nSPS) is 10.2. The molecule has 0 aliphatic carbocycles. The molecule has 0 aliphatic heterocycles. The molecule has 0 atom stereocenters. The maximum atomic E-state index is 11.8. The highest BCUT2D eigenvalue weighted by Crippen LogP contribution is 2.27. The van der Waals surface area contributed by atoms with Crippen molar-refractivity contribution in [2.75, 3.05) is 14.2 Å². The fraction of sp³-hybridized carbons (Fsp3) is 0.357. The third-order valence-electron chi connectivity index (χ3n) is 2.97. The molecule has 2 aromatic rings. The van der Waals surface area contributed by atoms with Crippen LogP contribution in [0.15, 0.2) is 30.9 Å². The Balaban J connectivity index is 1.83. The first-order chi connectivity index (χ1) is 10.2. The first-order valence-electron chi connectivity index (χ1n) is 6.53. The minimum absolute atomic E-state index is 0.0414. The van der Waals surface area contributed by atoms with Crippen molar-refractivity contribution in [1.82, 2.24) is 20.1 Å². The Hall–Kier alpha value is -2.57. The van der Waals surface area contributed by atoms with E-state index < -0.39 is 0 Å². The summed E-state index contributed by atoms with van der Waals surface area (Å²) in [5, 5.41) is 6.80. The second kappa shape index (κ2) is 7.28. The van der Waals surface area contributed by atoms with Crippen LogP contribution in [0.1, 0.15) is 12.0 Å². The smallest absolute Gasteiger partial charge is 0.222 e. The lowest BCUT2D eigenvalue weighted by atomic mass is 10.2. The molecule has 0 saturated heterocycles. The van der Waals surface area contributed by atoms with Crippen LogP contribution in [0.4, 0.5) is 0 Å². The van der Waals surface area contributed by atoms with Crippen molar-refractivity contribution in [3.05, 3.63) is 36.4 Å². The van der Waals surface area contributed by atoms with Crippen molar-refractivity contribution in [2.24, 2.45) is 0 Å². The average molecular weight is 290 g/mol. The third kappa shape index (κ3) is 4.20. The number of nitrogens with zero attached hydrogens (tertiary/aromatic N) is 3. The van der Waals surface area contributed by atoms with Crippen LogP contribution in [0.2, 0.25) is 0 Å². The molecule has 0 unspecified atom stereocenters. The van der Waals surface area contributed by atoms with Gasteiger partial charge in [0.1, 0.15) is 12.7 Å². The number of aryl methyl sites for hydroxylation is 1. The fourth-order valence-electron chi connectivity index (χ4n) is 1.84. The summed E-state index contributed by atoms with van der Waals surface area (Å²) < 4.78 is 12.0. The summed E-state index contributed by atoms with van der Waals surface area (Å²) in [6.07, 6.45) is 3.39. The molecule has 0 saturated carbocycles. The van der Waals surface area contributed by atoms with Gasteiger partial charge < -0.3 is 14.8 Å². The number of carbonyl (C=O) groups excluding carboxylic acids is 1. The largest absolute Gasteiger partial charge is 0.493 e. The molecule has 112 valence electrons. The number of nitrogens with one attached hydrogen (secondary N) is 1. The van der Waals surface area contributed by atoms with Crippen molar-refractivity contribution in [3.63, 3.8) is 0 Å². The molecule has 0 spiro atoms. The molecular formula is C14H18N4O3. The number of hydrogen-bond donors (Lipinski definition) is 1. The highest BCUT2D eigenvalue weighted by Gasteiger charge is 2.06. The van der Waals surface area contributed by atoms with E-state index in [0.717, 1.165) is 5.56 Å². The van der Waals surface area contributed by atoms with E-state index >= 15 is 0 Å². The Morgan fingerprint density at radius 3 is 2.76 bits per heavy atom. The summed E-state index contributed by atoms with van der Waals surface area (Å²) in [7, 11) is 3.17. The van der Waals surface area contributed by atoms with Crippen LogP contribution < -0.4 is 14.8 Å². The van der Waals surface area contributed by atoms with Gasteiger partial charge in [0, 0.05) is 13.0 Å². The van der Waals surface area contributed by atoms with Gasteiger partial charge in [-0.05, 0) is 17.7 Å². The highest BCUT2D eigenvalue weighted by molar-refractivity contribution is 5.75. The van der Waals surface area contributed by atoms with Gasteiger partial charge in [0.25, 0.3) is 0 Å². The lowest BCUT2D eigenvalue weighted by molar-refractivity contribution is -0.121. The fourth-order valence-corrected chi connectivity index (χ4v) is 1.84. The molecule has 7 heteroatoms. The number of hydrogen-bond acceptors (Lipinski definition) is 5. The second-order valence-corrected chi connectivity index (χ2v) is 4.37. The Labute approximate surface area is 122 Å². The Morgan fingerprint density at radius 1 is 1.29 bits per heavy atom. The monoisotopic (exact) mass is 290 g/mol. The van der Waals surface area contributed by atoms with E-state index in [0.29, 0.717) is 31.0 Å². The van der Waals surface area contributed by atoms with Crippen LogP contribution >= 0.6 is 0 Å². The summed E-state index contributed by atoms with van der Waals surface area (Å²) in [6, 6.07) is 5.55. The molecule has 21 heavy (non-hydrogen) atoms. The van der Waals surface area contributed by atoms with Crippen molar-refractivity contribution >= 4 is 5.91 Å². The molecule has 1 heterocycles. The van der Waals surface area contributed by atoms with Crippen molar-refractivity contribution in [3.8, 4) is 11.5 Å². The van der Waals surface area contributed by atoms with Crippen LogP contribution in [0.25, 0.3) is 0 Å². The first kappa shape index (κ1) is 14.8. The second-order valence-electron chi connectivity index (χ2n) is 4.37. The molecule has 1 aromatic carbocycles. The zero-order chi connectivity index (χ0) is 15.1. The van der Waals surface area contributed by atoms with Gasteiger partial charge in [-0.15, -0.1) is 0 Å². The quantitative estimate of drug-likeness (QED) is 0.823. The first-order valence-corrected chi connectivity index (χ1v) is 6.53. The number of carbonyl (C=O) groups is 1. The number of amides is 1. The molecule has 2 rings (SSSR count). The molecule has 1 aromatic heterocycles. The van der Waals surface area contributed by atoms with E-state index in [1.54, 1.807) is 25.2 Å². The van der Waals surface area contributed by atoms with Gasteiger partial charge in [0.2, 0.25) is 5.91 Å². The van der Waals surface area contributed by atoms with Crippen molar-refractivity contribution in [2.45, 2.75) is 19.5 Å². The average Bonchev–Trinajstić information content (AvgIpc) is 3.04. The van der Waals surface area contributed by atoms with E-state index in [4.69, 9.17) is 9.47 Å². The van der Waals surface area contributed by atoms with Crippen LogP contribution in [0.5, 0.6) is 11.5 Å². The van der Waals surface area contributed by atoms with Crippen LogP contribution in [0.3, 0.4) is 0 Å². The van der Waals surface area contributed by atoms with Crippen molar-refractivity contribution < 1.29 is 14.3 Å². The summed E-state index contributed by atoms with van der Waals surface area (Å²) in [5.41, 5.74) is 0.946. The van der Waals surface area contributed by atoms with Crippen LogP contribution in [0, 0.1) is 0 Å². The van der Waals surface area contributed by atoms with E-state index in [1.165, 1.54) is 6.33 Å². The number of rotatable bonds is 7. The third-order valence-corrected chi connectivity index (χ3v) is 2.97. The molecule has 1 amide bonds. The predicted octanol–water partition coefficient (Wildman–Crippen LogP) is 1.00. The Morgan fingerprint density at radius 2 is 2.10 bits per heavy atom. The zero-order valence-electron chi connectivity index (χ0n) is 12.1. The molecule has 0 radical (unpaired) electrons. The maximum absolute atomic E-state index is 11.8. The molecular weight excluding hydrogens is 272 g/mol. The van der Waals surface area contributed by atoms with E-state index in [2.05, 4.69) is 15.4 Å². The van der Waals surface area contributed by atoms with Gasteiger partial charge in [0.15, 0.2) is 11.5 Å². The number of benzene rings is 1. The summed E-state index contributed by atoms with van der Waals surface area (Å²) in [6.45, 7) is 0.953. The minimum Gasteiger partial charge on any atom is -0.493 e.